The highest BCUT2D eigenvalue weighted by Crippen LogP contribution is 2.35. The Kier molecular flexibility index (Phi) is 3.76. The molecule has 0 bridgehead atoms. The van der Waals surface area contributed by atoms with E-state index in [1.165, 1.54) is 5.01 Å². The summed E-state index contributed by atoms with van der Waals surface area (Å²) >= 11 is 0. The summed E-state index contributed by atoms with van der Waals surface area (Å²) in [5.74, 6) is 0.628. The van der Waals surface area contributed by atoms with Gasteiger partial charge in [-0.3, -0.25) is 15.0 Å². The summed E-state index contributed by atoms with van der Waals surface area (Å²) in [5.41, 5.74) is 9.75. The number of aromatic nitrogens is 2. The van der Waals surface area contributed by atoms with Crippen LogP contribution in [0.4, 0.5) is 5.69 Å². The molecule has 0 radical (unpaired) electrons. The lowest BCUT2D eigenvalue weighted by molar-refractivity contribution is -0.130. The Labute approximate surface area is 144 Å². The van der Waals surface area contributed by atoms with Gasteiger partial charge in [-0.15, -0.1) is 0 Å². The standard InChI is InChI=1S/C17H19N5O3/c18-17(9-1-2-10-17)16-19-15(25-21-16)11-3-5-12(6-4-11)22-14(24)8-7-13(23)20-22/h3-6H,1-2,7-10,18H2,(H,20,23). The molecule has 1 aromatic heterocycles. The Morgan fingerprint density at radius 1 is 1.12 bits per heavy atom. The molecular formula is C17H19N5O3. The molecule has 1 aromatic carbocycles. The van der Waals surface area contributed by atoms with Gasteiger partial charge in [-0.25, -0.2) is 5.01 Å². The fourth-order valence-corrected chi connectivity index (χ4v) is 3.31. The zero-order chi connectivity index (χ0) is 17.4. The summed E-state index contributed by atoms with van der Waals surface area (Å²) in [7, 11) is 0. The summed E-state index contributed by atoms with van der Waals surface area (Å²) < 4.78 is 5.36. The first-order valence-electron chi connectivity index (χ1n) is 8.41. The molecular weight excluding hydrogens is 322 g/mol. The molecule has 2 heterocycles. The van der Waals surface area contributed by atoms with Gasteiger partial charge in [0.1, 0.15) is 0 Å². The van der Waals surface area contributed by atoms with Crippen LogP contribution in [-0.4, -0.2) is 22.0 Å². The van der Waals surface area contributed by atoms with Gasteiger partial charge in [-0.05, 0) is 37.1 Å². The Bertz CT molecular complexity index is 808. The molecule has 1 aliphatic heterocycles. The number of hydrogen-bond acceptors (Lipinski definition) is 6. The molecule has 0 atom stereocenters. The van der Waals surface area contributed by atoms with E-state index in [4.69, 9.17) is 10.3 Å². The van der Waals surface area contributed by atoms with E-state index in [1.54, 1.807) is 24.3 Å². The molecule has 4 rings (SSSR count). The second-order valence-electron chi connectivity index (χ2n) is 6.60. The molecule has 8 heteroatoms. The third-order valence-electron chi connectivity index (χ3n) is 4.79. The normalized spacial score (nSPS) is 20.0. The van der Waals surface area contributed by atoms with E-state index in [0.29, 0.717) is 17.4 Å². The van der Waals surface area contributed by atoms with Crippen LogP contribution in [0, 0.1) is 0 Å². The number of carbonyl (C=O) groups excluding carboxylic acids is 2. The van der Waals surface area contributed by atoms with Crippen LogP contribution < -0.4 is 16.2 Å². The van der Waals surface area contributed by atoms with Gasteiger partial charge >= 0.3 is 0 Å². The van der Waals surface area contributed by atoms with E-state index in [9.17, 15) is 9.59 Å². The third-order valence-corrected chi connectivity index (χ3v) is 4.79. The molecule has 0 unspecified atom stereocenters. The van der Waals surface area contributed by atoms with Gasteiger partial charge in [0.25, 0.3) is 5.89 Å². The highest BCUT2D eigenvalue weighted by atomic mass is 16.5. The summed E-state index contributed by atoms with van der Waals surface area (Å²) in [6.45, 7) is 0. The maximum Gasteiger partial charge on any atom is 0.257 e. The molecule has 1 saturated heterocycles. The van der Waals surface area contributed by atoms with Crippen molar-refractivity contribution in [2.24, 2.45) is 5.73 Å². The highest BCUT2D eigenvalue weighted by Gasteiger charge is 2.36. The number of nitrogens with two attached hydrogens (primary N) is 1. The fraction of sp³-hybridized carbons (Fsp3) is 0.412. The van der Waals surface area contributed by atoms with Crippen LogP contribution >= 0.6 is 0 Å². The number of rotatable bonds is 3. The molecule has 2 aromatic rings. The van der Waals surface area contributed by atoms with Crippen molar-refractivity contribution in [2.45, 2.75) is 44.1 Å². The molecule has 130 valence electrons. The number of anilines is 1. The lowest BCUT2D eigenvalue weighted by Gasteiger charge is -2.27. The Morgan fingerprint density at radius 3 is 2.56 bits per heavy atom. The van der Waals surface area contributed by atoms with Crippen molar-refractivity contribution >= 4 is 17.5 Å². The van der Waals surface area contributed by atoms with Crippen LogP contribution in [0.1, 0.15) is 44.3 Å². The summed E-state index contributed by atoms with van der Waals surface area (Å²) in [6.07, 6.45) is 4.30. The number of nitrogens with one attached hydrogen (secondary N) is 1. The van der Waals surface area contributed by atoms with Gasteiger partial charge in [0.2, 0.25) is 11.8 Å². The van der Waals surface area contributed by atoms with Gasteiger partial charge in [-0.2, -0.15) is 4.98 Å². The minimum Gasteiger partial charge on any atom is -0.334 e. The van der Waals surface area contributed by atoms with E-state index in [-0.39, 0.29) is 24.7 Å². The average Bonchev–Trinajstić information content (AvgIpc) is 3.27. The molecule has 3 N–H and O–H groups in total. The highest BCUT2D eigenvalue weighted by molar-refractivity contribution is 6.01. The number of benzene rings is 1. The third kappa shape index (κ3) is 2.89. The zero-order valence-electron chi connectivity index (χ0n) is 13.7. The van der Waals surface area contributed by atoms with E-state index in [2.05, 4.69) is 15.6 Å². The van der Waals surface area contributed by atoms with Gasteiger partial charge in [0.15, 0.2) is 5.82 Å². The minimum absolute atomic E-state index is 0.140. The number of hydrogen-bond donors (Lipinski definition) is 2. The fourth-order valence-electron chi connectivity index (χ4n) is 3.31. The first kappa shape index (κ1) is 15.8. The first-order chi connectivity index (χ1) is 12.0. The largest absolute Gasteiger partial charge is 0.334 e. The molecule has 1 saturated carbocycles. The Hall–Kier alpha value is -2.74. The summed E-state index contributed by atoms with van der Waals surface area (Å²) in [4.78, 5) is 27.9. The van der Waals surface area contributed by atoms with Crippen molar-refractivity contribution in [3.8, 4) is 11.5 Å². The second-order valence-corrected chi connectivity index (χ2v) is 6.60. The van der Waals surface area contributed by atoms with Crippen molar-refractivity contribution < 1.29 is 14.1 Å². The molecule has 0 spiro atoms. The van der Waals surface area contributed by atoms with Crippen molar-refractivity contribution in [3.05, 3.63) is 30.1 Å². The molecule has 2 fully saturated rings. The monoisotopic (exact) mass is 341 g/mol. The zero-order valence-corrected chi connectivity index (χ0v) is 13.7. The van der Waals surface area contributed by atoms with Crippen LogP contribution in [0.3, 0.4) is 0 Å². The first-order valence-corrected chi connectivity index (χ1v) is 8.41. The van der Waals surface area contributed by atoms with Crippen LogP contribution in [-0.2, 0) is 15.1 Å². The maximum atomic E-state index is 11.9. The van der Waals surface area contributed by atoms with Crippen molar-refractivity contribution in [1.82, 2.24) is 15.6 Å². The van der Waals surface area contributed by atoms with Crippen molar-refractivity contribution in [1.29, 1.82) is 0 Å². The van der Waals surface area contributed by atoms with Crippen LogP contribution in [0.5, 0.6) is 0 Å². The van der Waals surface area contributed by atoms with E-state index >= 15 is 0 Å². The second kappa shape index (κ2) is 5.96. The molecule has 2 amide bonds. The van der Waals surface area contributed by atoms with E-state index in [1.807, 2.05) is 0 Å². The van der Waals surface area contributed by atoms with Gasteiger partial charge < -0.3 is 10.3 Å². The molecule has 2 aliphatic rings. The lowest BCUT2D eigenvalue weighted by Crippen LogP contribution is -2.50. The van der Waals surface area contributed by atoms with Gasteiger partial charge in [0.05, 0.1) is 11.2 Å². The number of amides is 2. The van der Waals surface area contributed by atoms with Crippen LogP contribution in [0.25, 0.3) is 11.5 Å². The van der Waals surface area contributed by atoms with Crippen molar-refractivity contribution in [3.63, 3.8) is 0 Å². The van der Waals surface area contributed by atoms with Crippen molar-refractivity contribution in [2.75, 3.05) is 5.01 Å². The van der Waals surface area contributed by atoms with E-state index < -0.39 is 5.54 Å². The van der Waals surface area contributed by atoms with Crippen LogP contribution in [0.15, 0.2) is 28.8 Å². The lowest BCUT2D eigenvalue weighted by atomic mass is 9.99. The van der Waals surface area contributed by atoms with Gasteiger partial charge in [-0.1, -0.05) is 18.0 Å². The SMILES string of the molecule is NC1(c2noc(-c3ccc(N4NC(=O)CCC4=O)cc3)n2)CCCC1. The number of carbonyl (C=O) groups is 2. The minimum atomic E-state index is -0.494. The number of nitrogens with zero attached hydrogens (tertiary/aromatic N) is 3. The average molecular weight is 341 g/mol. The Balaban J connectivity index is 1.55. The summed E-state index contributed by atoms with van der Waals surface area (Å²) in [6, 6.07) is 7.02. The van der Waals surface area contributed by atoms with E-state index in [0.717, 1.165) is 31.2 Å². The van der Waals surface area contributed by atoms with Gasteiger partial charge in [0, 0.05) is 18.4 Å². The predicted octanol–water partition coefficient (Wildman–Crippen LogP) is 1.62. The maximum absolute atomic E-state index is 11.9. The molecule has 1 aliphatic carbocycles. The quantitative estimate of drug-likeness (QED) is 0.877. The van der Waals surface area contributed by atoms with Crippen LogP contribution in [0.2, 0.25) is 0 Å². The smallest absolute Gasteiger partial charge is 0.257 e. The summed E-state index contributed by atoms with van der Waals surface area (Å²) in [5, 5.41) is 5.31. The Morgan fingerprint density at radius 2 is 1.84 bits per heavy atom. The topological polar surface area (TPSA) is 114 Å². The predicted molar refractivity (Wildman–Crippen MR) is 88.9 cm³/mol. The number of hydrazine groups is 1. The molecule has 25 heavy (non-hydrogen) atoms. The molecule has 8 nitrogen and oxygen atoms in total.